The van der Waals surface area contributed by atoms with Crippen LogP contribution in [0.4, 0.5) is 4.39 Å². The van der Waals surface area contributed by atoms with E-state index in [1.165, 1.54) is 6.07 Å². The third kappa shape index (κ3) is 2.70. The number of aliphatic hydroxyl groups excluding tert-OH is 1. The minimum atomic E-state index is -0.396. The third-order valence-corrected chi connectivity index (χ3v) is 3.60. The lowest BCUT2D eigenvalue weighted by Gasteiger charge is -2.10. The molecule has 2 N–H and O–H groups in total. The number of halogens is 1. The molecule has 0 aliphatic carbocycles. The molecule has 0 radical (unpaired) electrons. The van der Waals surface area contributed by atoms with Crippen molar-refractivity contribution in [1.29, 1.82) is 5.26 Å². The summed E-state index contributed by atoms with van der Waals surface area (Å²) in [5.41, 5.74) is 1.98. The van der Waals surface area contributed by atoms with E-state index in [4.69, 9.17) is 9.84 Å². The number of hydrogen-bond donors (Lipinski definition) is 2. The summed E-state index contributed by atoms with van der Waals surface area (Å²) in [7, 11) is 0. The second kappa shape index (κ2) is 6.60. The van der Waals surface area contributed by atoms with E-state index in [9.17, 15) is 9.65 Å². The van der Waals surface area contributed by atoms with Crippen LogP contribution in [0.3, 0.4) is 0 Å². The van der Waals surface area contributed by atoms with Crippen LogP contribution in [-0.2, 0) is 11.3 Å². The number of hydrogen-bond acceptors (Lipinski definition) is 4. The van der Waals surface area contributed by atoms with Gasteiger partial charge in [0.1, 0.15) is 11.9 Å². The van der Waals surface area contributed by atoms with E-state index in [0.29, 0.717) is 41.0 Å². The summed E-state index contributed by atoms with van der Waals surface area (Å²) in [6, 6.07) is 8.57. The van der Waals surface area contributed by atoms with Crippen LogP contribution in [0.1, 0.15) is 5.56 Å². The predicted octanol–water partition coefficient (Wildman–Crippen LogP) is 2.05. The largest absolute Gasteiger partial charge is 0.394 e. The Bertz CT molecular complexity index is 849. The van der Waals surface area contributed by atoms with Gasteiger partial charge in [-0.2, -0.15) is 10.4 Å². The molecule has 0 unspecified atom stereocenters. The highest BCUT2D eigenvalue weighted by Gasteiger charge is 2.21. The molecule has 0 aliphatic rings. The molecule has 2 aromatic heterocycles. The van der Waals surface area contributed by atoms with Crippen LogP contribution in [0.15, 0.2) is 30.5 Å². The summed E-state index contributed by atoms with van der Waals surface area (Å²) in [4.78, 5) is 0. The molecule has 3 aromatic rings. The standard InChI is InChI=1S/C16H15FN4O2/c17-13-3-1-2-11-12(10-18)16(14-4-5-19-20-14)21(15(11)13)6-8-23-9-7-22/h1-5,22H,6-9H2,(H,19,20). The number of benzene rings is 1. The van der Waals surface area contributed by atoms with Gasteiger partial charge in [-0.15, -0.1) is 0 Å². The van der Waals surface area contributed by atoms with Gasteiger partial charge in [0, 0.05) is 18.1 Å². The molecule has 1 aromatic carbocycles. The normalized spacial score (nSPS) is 11.0. The number of nitrogens with one attached hydrogen (secondary N) is 1. The van der Waals surface area contributed by atoms with Crippen LogP contribution >= 0.6 is 0 Å². The maximum atomic E-state index is 14.4. The second-order valence-electron chi connectivity index (χ2n) is 4.93. The van der Waals surface area contributed by atoms with Gasteiger partial charge in [-0.05, 0) is 12.1 Å². The molecule has 6 nitrogen and oxygen atoms in total. The van der Waals surface area contributed by atoms with Crippen molar-refractivity contribution in [3.8, 4) is 17.5 Å². The summed E-state index contributed by atoms with van der Waals surface area (Å²) in [5.74, 6) is -0.396. The van der Waals surface area contributed by atoms with E-state index < -0.39 is 5.82 Å². The molecule has 0 fully saturated rings. The van der Waals surface area contributed by atoms with Crippen molar-refractivity contribution in [1.82, 2.24) is 14.8 Å². The zero-order valence-electron chi connectivity index (χ0n) is 12.3. The van der Waals surface area contributed by atoms with Crippen LogP contribution < -0.4 is 0 Å². The van der Waals surface area contributed by atoms with Crippen molar-refractivity contribution in [3.63, 3.8) is 0 Å². The van der Waals surface area contributed by atoms with Crippen molar-refractivity contribution in [3.05, 3.63) is 41.8 Å². The van der Waals surface area contributed by atoms with E-state index in [2.05, 4.69) is 16.3 Å². The van der Waals surface area contributed by atoms with Gasteiger partial charge in [0.25, 0.3) is 0 Å². The number of nitriles is 1. The van der Waals surface area contributed by atoms with Gasteiger partial charge >= 0.3 is 0 Å². The first-order valence-electron chi connectivity index (χ1n) is 7.17. The molecule has 0 aliphatic heterocycles. The summed E-state index contributed by atoms with van der Waals surface area (Å²) in [5, 5.41) is 25.6. The van der Waals surface area contributed by atoms with E-state index in [1.807, 2.05) is 0 Å². The van der Waals surface area contributed by atoms with Crippen LogP contribution in [0.5, 0.6) is 0 Å². The lowest BCUT2D eigenvalue weighted by molar-refractivity contribution is 0.0876. The molecule has 7 heteroatoms. The number of rotatable bonds is 6. The van der Waals surface area contributed by atoms with Gasteiger partial charge in [-0.1, -0.05) is 12.1 Å². The number of nitrogens with zero attached hydrogens (tertiary/aromatic N) is 3. The number of aromatic nitrogens is 3. The van der Waals surface area contributed by atoms with E-state index in [1.54, 1.807) is 29.0 Å². The molecule has 0 bridgehead atoms. The Morgan fingerprint density at radius 1 is 1.35 bits per heavy atom. The van der Waals surface area contributed by atoms with Crippen molar-refractivity contribution in [2.75, 3.05) is 19.8 Å². The first kappa shape index (κ1) is 15.2. The van der Waals surface area contributed by atoms with Gasteiger partial charge in [0.05, 0.1) is 42.3 Å². The quantitative estimate of drug-likeness (QED) is 0.682. The summed E-state index contributed by atoms with van der Waals surface area (Å²) >= 11 is 0. The summed E-state index contributed by atoms with van der Waals surface area (Å²) < 4.78 is 21.4. The van der Waals surface area contributed by atoms with Crippen molar-refractivity contribution >= 4 is 10.9 Å². The molecular weight excluding hydrogens is 299 g/mol. The first-order chi connectivity index (χ1) is 11.3. The molecule has 3 rings (SSSR count). The number of ether oxygens (including phenoxy) is 1. The Kier molecular flexibility index (Phi) is 4.37. The second-order valence-corrected chi connectivity index (χ2v) is 4.93. The highest BCUT2D eigenvalue weighted by Crippen LogP contribution is 2.33. The number of fused-ring (bicyclic) bond motifs is 1. The highest BCUT2D eigenvalue weighted by molar-refractivity contribution is 5.94. The van der Waals surface area contributed by atoms with E-state index in [-0.39, 0.29) is 13.2 Å². The van der Waals surface area contributed by atoms with Gasteiger partial charge in [0.15, 0.2) is 0 Å². The van der Waals surface area contributed by atoms with Gasteiger partial charge in [-0.25, -0.2) is 4.39 Å². The maximum Gasteiger partial charge on any atom is 0.147 e. The molecule has 23 heavy (non-hydrogen) atoms. The van der Waals surface area contributed by atoms with Crippen LogP contribution in [0.25, 0.3) is 22.3 Å². The van der Waals surface area contributed by atoms with Gasteiger partial charge in [-0.3, -0.25) is 5.10 Å². The lowest BCUT2D eigenvalue weighted by Crippen LogP contribution is -2.10. The average molecular weight is 314 g/mol. The lowest BCUT2D eigenvalue weighted by atomic mass is 10.1. The predicted molar refractivity (Wildman–Crippen MR) is 82.1 cm³/mol. The van der Waals surface area contributed by atoms with E-state index in [0.717, 1.165) is 0 Å². The summed E-state index contributed by atoms with van der Waals surface area (Å²) in [6.45, 7) is 0.794. The Balaban J connectivity index is 2.18. The third-order valence-electron chi connectivity index (χ3n) is 3.60. The van der Waals surface area contributed by atoms with Crippen molar-refractivity contribution in [2.24, 2.45) is 0 Å². The zero-order chi connectivity index (χ0) is 16.2. The molecular formula is C16H15FN4O2. The topological polar surface area (TPSA) is 86.9 Å². The van der Waals surface area contributed by atoms with E-state index >= 15 is 0 Å². The number of aliphatic hydroxyl groups is 1. The van der Waals surface area contributed by atoms with Crippen molar-refractivity contribution in [2.45, 2.75) is 6.54 Å². The Hall–Kier alpha value is -2.69. The molecule has 0 saturated heterocycles. The van der Waals surface area contributed by atoms with Crippen molar-refractivity contribution < 1.29 is 14.2 Å². The number of aromatic amines is 1. The number of H-pyrrole nitrogens is 1. The summed E-state index contributed by atoms with van der Waals surface area (Å²) in [6.07, 6.45) is 1.58. The van der Waals surface area contributed by atoms with Crippen LogP contribution in [0.2, 0.25) is 0 Å². The zero-order valence-corrected chi connectivity index (χ0v) is 12.3. The first-order valence-corrected chi connectivity index (χ1v) is 7.17. The fourth-order valence-corrected chi connectivity index (χ4v) is 2.69. The molecule has 2 heterocycles. The van der Waals surface area contributed by atoms with Crippen LogP contribution in [0, 0.1) is 17.1 Å². The Morgan fingerprint density at radius 2 is 2.22 bits per heavy atom. The molecule has 0 saturated carbocycles. The minimum absolute atomic E-state index is 0.0718. The highest BCUT2D eigenvalue weighted by atomic mass is 19.1. The Labute approximate surface area is 131 Å². The average Bonchev–Trinajstić information content (AvgIpc) is 3.17. The monoisotopic (exact) mass is 314 g/mol. The maximum absolute atomic E-state index is 14.4. The molecule has 0 amide bonds. The fourth-order valence-electron chi connectivity index (χ4n) is 2.69. The minimum Gasteiger partial charge on any atom is -0.394 e. The SMILES string of the molecule is N#Cc1c(-c2ccn[nH]2)n(CCOCCO)c2c(F)cccc12. The smallest absolute Gasteiger partial charge is 0.147 e. The number of para-hydroxylation sites is 1. The van der Waals surface area contributed by atoms with Gasteiger partial charge in [0.2, 0.25) is 0 Å². The van der Waals surface area contributed by atoms with Crippen LogP contribution in [-0.4, -0.2) is 39.7 Å². The molecule has 0 atom stereocenters. The molecule has 118 valence electrons. The fraction of sp³-hybridized carbons (Fsp3) is 0.250. The van der Waals surface area contributed by atoms with Gasteiger partial charge < -0.3 is 14.4 Å². The Morgan fingerprint density at radius 3 is 2.91 bits per heavy atom. The molecule has 0 spiro atoms.